The Kier molecular flexibility index (Phi) is 3.90. The molecule has 1 aromatic carbocycles. The molecule has 0 aliphatic heterocycles. The third-order valence-electron chi connectivity index (χ3n) is 3.81. The quantitative estimate of drug-likeness (QED) is 0.658. The second-order valence-corrected chi connectivity index (χ2v) is 5.11. The van der Waals surface area contributed by atoms with Crippen LogP contribution in [0.3, 0.4) is 0 Å². The standard InChI is InChI=1S/C15H21NO2/c1-10-8-13(16)12(9-14(10)18-2)15(17)11-6-4-3-5-7-11/h8-9,11H,3-7,16H2,1-2H3. The van der Waals surface area contributed by atoms with Crippen LogP contribution in [0.5, 0.6) is 5.75 Å². The summed E-state index contributed by atoms with van der Waals surface area (Å²) in [6.07, 6.45) is 5.54. The Morgan fingerprint density at radius 2 is 1.94 bits per heavy atom. The van der Waals surface area contributed by atoms with Gasteiger partial charge in [-0.1, -0.05) is 19.3 Å². The highest BCUT2D eigenvalue weighted by molar-refractivity contribution is 6.02. The molecule has 1 fully saturated rings. The number of Topliss-reactive ketones (excluding diaryl/α,β-unsaturated/α-hetero) is 1. The minimum Gasteiger partial charge on any atom is -0.496 e. The fourth-order valence-corrected chi connectivity index (χ4v) is 2.73. The van der Waals surface area contributed by atoms with E-state index in [2.05, 4.69) is 0 Å². The van der Waals surface area contributed by atoms with Gasteiger partial charge in [-0.05, 0) is 37.5 Å². The number of hydrogen-bond acceptors (Lipinski definition) is 3. The number of benzene rings is 1. The summed E-state index contributed by atoms with van der Waals surface area (Å²) in [6.45, 7) is 1.93. The maximum atomic E-state index is 12.5. The van der Waals surface area contributed by atoms with E-state index in [0.717, 1.165) is 37.0 Å². The molecular formula is C15H21NO2. The van der Waals surface area contributed by atoms with E-state index in [1.807, 2.05) is 13.0 Å². The summed E-state index contributed by atoms with van der Waals surface area (Å²) in [4.78, 5) is 12.5. The van der Waals surface area contributed by atoms with E-state index >= 15 is 0 Å². The molecule has 0 unspecified atom stereocenters. The van der Waals surface area contributed by atoms with E-state index in [-0.39, 0.29) is 11.7 Å². The van der Waals surface area contributed by atoms with Crippen LogP contribution < -0.4 is 10.5 Å². The topological polar surface area (TPSA) is 52.3 Å². The first kappa shape index (κ1) is 12.9. The zero-order chi connectivity index (χ0) is 13.1. The van der Waals surface area contributed by atoms with Crippen molar-refractivity contribution in [3.8, 4) is 5.75 Å². The number of hydrogen-bond donors (Lipinski definition) is 1. The maximum absolute atomic E-state index is 12.5. The van der Waals surface area contributed by atoms with Gasteiger partial charge in [-0.3, -0.25) is 4.79 Å². The lowest BCUT2D eigenvalue weighted by Gasteiger charge is -2.21. The molecular weight excluding hydrogens is 226 g/mol. The molecule has 2 N–H and O–H groups in total. The molecule has 18 heavy (non-hydrogen) atoms. The molecule has 0 saturated heterocycles. The number of methoxy groups -OCH3 is 1. The Morgan fingerprint density at radius 1 is 1.28 bits per heavy atom. The molecule has 1 saturated carbocycles. The Hall–Kier alpha value is -1.51. The SMILES string of the molecule is COc1cc(C(=O)C2CCCCC2)c(N)cc1C. The summed E-state index contributed by atoms with van der Waals surface area (Å²) >= 11 is 0. The first-order valence-electron chi connectivity index (χ1n) is 6.62. The van der Waals surface area contributed by atoms with Crippen molar-refractivity contribution in [2.24, 2.45) is 5.92 Å². The van der Waals surface area contributed by atoms with Crippen molar-refractivity contribution in [3.05, 3.63) is 23.3 Å². The van der Waals surface area contributed by atoms with Gasteiger partial charge in [0.05, 0.1) is 7.11 Å². The van der Waals surface area contributed by atoms with Gasteiger partial charge >= 0.3 is 0 Å². The molecule has 0 radical (unpaired) electrons. The molecule has 0 spiro atoms. The fraction of sp³-hybridized carbons (Fsp3) is 0.533. The van der Waals surface area contributed by atoms with Crippen molar-refractivity contribution in [1.82, 2.24) is 0 Å². The van der Waals surface area contributed by atoms with Crippen LogP contribution in [0.1, 0.15) is 48.0 Å². The Bertz CT molecular complexity index is 448. The third-order valence-corrected chi connectivity index (χ3v) is 3.81. The van der Waals surface area contributed by atoms with E-state index in [9.17, 15) is 4.79 Å². The number of ketones is 1. The normalized spacial score (nSPS) is 16.6. The highest BCUT2D eigenvalue weighted by atomic mass is 16.5. The van der Waals surface area contributed by atoms with Gasteiger partial charge in [-0.2, -0.15) is 0 Å². The van der Waals surface area contributed by atoms with Gasteiger partial charge in [0.1, 0.15) is 5.75 Å². The van der Waals surface area contributed by atoms with Crippen molar-refractivity contribution in [2.75, 3.05) is 12.8 Å². The van der Waals surface area contributed by atoms with Crippen LogP contribution >= 0.6 is 0 Å². The van der Waals surface area contributed by atoms with Crippen LogP contribution in [0.15, 0.2) is 12.1 Å². The van der Waals surface area contributed by atoms with Gasteiger partial charge in [0.2, 0.25) is 0 Å². The first-order valence-corrected chi connectivity index (χ1v) is 6.62. The van der Waals surface area contributed by atoms with Gasteiger partial charge < -0.3 is 10.5 Å². The van der Waals surface area contributed by atoms with Crippen molar-refractivity contribution < 1.29 is 9.53 Å². The first-order chi connectivity index (χ1) is 8.63. The monoisotopic (exact) mass is 247 g/mol. The van der Waals surface area contributed by atoms with E-state index in [4.69, 9.17) is 10.5 Å². The second kappa shape index (κ2) is 5.42. The number of aryl methyl sites for hydroxylation is 1. The van der Waals surface area contributed by atoms with E-state index in [0.29, 0.717) is 11.3 Å². The largest absolute Gasteiger partial charge is 0.496 e. The Morgan fingerprint density at radius 3 is 2.56 bits per heavy atom. The zero-order valence-corrected chi connectivity index (χ0v) is 11.2. The van der Waals surface area contributed by atoms with Gasteiger partial charge in [-0.25, -0.2) is 0 Å². The predicted molar refractivity (Wildman–Crippen MR) is 73.0 cm³/mol. The molecule has 98 valence electrons. The van der Waals surface area contributed by atoms with Crippen LogP contribution in [0.25, 0.3) is 0 Å². The number of carbonyl (C=O) groups is 1. The second-order valence-electron chi connectivity index (χ2n) is 5.11. The smallest absolute Gasteiger partial charge is 0.168 e. The average molecular weight is 247 g/mol. The lowest BCUT2D eigenvalue weighted by molar-refractivity contribution is 0.0890. The minimum atomic E-state index is 0.147. The van der Waals surface area contributed by atoms with Gasteiger partial charge in [0, 0.05) is 17.2 Å². The lowest BCUT2D eigenvalue weighted by atomic mass is 9.83. The summed E-state index contributed by atoms with van der Waals surface area (Å²) in [5.41, 5.74) is 8.15. The molecule has 3 nitrogen and oxygen atoms in total. The fourth-order valence-electron chi connectivity index (χ4n) is 2.73. The van der Waals surface area contributed by atoms with Gasteiger partial charge in [0.15, 0.2) is 5.78 Å². The molecule has 3 heteroatoms. The summed E-state index contributed by atoms with van der Waals surface area (Å²) in [5.74, 6) is 1.07. The zero-order valence-electron chi connectivity index (χ0n) is 11.2. The lowest BCUT2D eigenvalue weighted by Crippen LogP contribution is -2.19. The third kappa shape index (κ3) is 2.50. The number of carbonyl (C=O) groups excluding carboxylic acids is 1. The molecule has 0 amide bonds. The number of rotatable bonds is 3. The van der Waals surface area contributed by atoms with Crippen molar-refractivity contribution in [2.45, 2.75) is 39.0 Å². The molecule has 1 aliphatic rings. The highest BCUT2D eigenvalue weighted by Crippen LogP contribution is 2.31. The van der Waals surface area contributed by atoms with Gasteiger partial charge in [0.25, 0.3) is 0 Å². The van der Waals surface area contributed by atoms with E-state index < -0.39 is 0 Å². The van der Waals surface area contributed by atoms with Crippen LogP contribution in [0.2, 0.25) is 0 Å². The molecule has 1 aromatic rings. The predicted octanol–water partition coefficient (Wildman–Crippen LogP) is 3.35. The Balaban J connectivity index is 2.28. The summed E-state index contributed by atoms with van der Waals surface area (Å²) in [7, 11) is 1.62. The summed E-state index contributed by atoms with van der Waals surface area (Å²) < 4.78 is 5.27. The average Bonchev–Trinajstić information content (AvgIpc) is 2.39. The number of ether oxygens (including phenoxy) is 1. The Labute approximate surface area is 108 Å². The van der Waals surface area contributed by atoms with E-state index in [1.165, 1.54) is 6.42 Å². The molecule has 0 heterocycles. The maximum Gasteiger partial charge on any atom is 0.168 e. The number of nitrogens with two attached hydrogens (primary N) is 1. The minimum absolute atomic E-state index is 0.147. The van der Waals surface area contributed by atoms with Crippen LogP contribution in [0.4, 0.5) is 5.69 Å². The van der Waals surface area contributed by atoms with Gasteiger partial charge in [-0.15, -0.1) is 0 Å². The van der Waals surface area contributed by atoms with Crippen LogP contribution in [-0.4, -0.2) is 12.9 Å². The van der Waals surface area contributed by atoms with Crippen molar-refractivity contribution in [3.63, 3.8) is 0 Å². The number of nitrogen functional groups attached to an aromatic ring is 1. The van der Waals surface area contributed by atoms with Crippen molar-refractivity contribution in [1.29, 1.82) is 0 Å². The molecule has 0 atom stereocenters. The highest BCUT2D eigenvalue weighted by Gasteiger charge is 2.24. The summed E-state index contributed by atoms with van der Waals surface area (Å²) in [6, 6.07) is 3.62. The molecule has 0 bridgehead atoms. The number of anilines is 1. The molecule has 1 aliphatic carbocycles. The molecule has 2 rings (SSSR count). The van der Waals surface area contributed by atoms with Crippen molar-refractivity contribution >= 4 is 11.5 Å². The summed E-state index contributed by atoms with van der Waals surface area (Å²) in [5, 5.41) is 0. The van der Waals surface area contributed by atoms with Crippen LogP contribution in [0, 0.1) is 12.8 Å². The van der Waals surface area contributed by atoms with E-state index in [1.54, 1.807) is 13.2 Å². The molecule has 0 aromatic heterocycles. The van der Waals surface area contributed by atoms with Crippen LogP contribution in [-0.2, 0) is 0 Å².